The molecule has 2 aliphatic rings. The molecule has 0 saturated carbocycles. The zero-order valence-electron chi connectivity index (χ0n) is 14.7. The molecule has 1 atom stereocenters. The van der Waals surface area contributed by atoms with Crippen LogP contribution in [-0.2, 0) is 0 Å². The molecular weight excluding hydrogens is 344 g/mol. The SMILES string of the molecule is CC1(C)Oc2ccc(Cl)cc2C2CC(c3ccc4ccccc4c3)=NN21. The Balaban J connectivity index is 1.59. The van der Waals surface area contributed by atoms with Crippen LogP contribution in [-0.4, -0.2) is 16.4 Å². The van der Waals surface area contributed by atoms with Crippen molar-refractivity contribution in [3.05, 3.63) is 76.8 Å². The Hall–Kier alpha value is -2.52. The van der Waals surface area contributed by atoms with E-state index < -0.39 is 5.72 Å². The number of hydrogen-bond donors (Lipinski definition) is 0. The lowest BCUT2D eigenvalue weighted by molar-refractivity contribution is -0.0911. The minimum atomic E-state index is -0.496. The van der Waals surface area contributed by atoms with E-state index in [1.807, 2.05) is 18.2 Å². The van der Waals surface area contributed by atoms with Gasteiger partial charge >= 0.3 is 0 Å². The van der Waals surface area contributed by atoms with Gasteiger partial charge < -0.3 is 4.74 Å². The van der Waals surface area contributed by atoms with Gasteiger partial charge in [-0.15, -0.1) is 0 Å². The summed E-state index contributed by atoms with van der Waals surface area (Å²) in [6.45, 7) is 4.12. The fourth-order valence-electron chi connectivity index (χ4n) is 3.98. The second-order valence-electron chi connectivity index (χ2n) is 7.40. The molecule has 4 heteroatoms. The molecule has 130 valence electrons. The summed E-state index contributed by atoms with van der Waals surface area (Å²) >= 11 is 6.25. The fraction of sp³-hybridized carbons (Fsp3) is 0.227. The van der Waals surface area contributed by atoms with E-state index in [0.717, 1.165) is 34.0 Å². The molecule has 0 amide bonds. The van der Waals surface area contributed by atoms with Crippen LogP contribution in [0.15, 0.2) is 65.8 Å². The van der Waals surface area contributed by atoms with Crippen molar-refractivity contribution in [2.75, 3.05) is 0 Å². The number of nitrogens with zero attached hydrogens (tertiary/aromatic N) is 2. The lowest BCUT2D eigenvalue weighted by Gasteiger charge is -2.43. The van der Waals surface area contributed by atoms with Gasteiger partial charge in [0.2, 0.25) is 0 Å². The Labute approximate surface area is 157 Å². The lowest BCUT2D eigenvalue weighted by atomic mass is 9.94. The monoisotopic (exact) mass is 362 g/mol. The summed E-state index contributed by atoms with van der Waals surface area (Å²) in [5.74, 6) is 0.899. The second-order valence-corrected chi connectivity index (χ2v) is 7.84. The summed E-state index contributed by atoms with van der Waals surface area (Å²) in [6, 6.07) is 20.9. The predicted molar refractivity (Wildman–Crippen MR) is 106 cm³/mol. The maximum Gasteiger partial charge on any atom is 0.192 e. The first kappa shape index (κ1) is 15.7. The van der Waals surface area contributed by atoms with Crippen molar-refractivity contribution in [2.24, 2.45) is 5.10 Å². The first-order valence-electron chi connectivity index (χ1n) is 8.86. The van der Waals surface area contributed by atoms with Crippen LogP contribution in [0, 0.1) is 0 Å². The van der Waals surface area contributed by atoms with Gasteiger partial charge in [0, 0.05) is 17.0 Å². The summed E-state index contributed by atoms with van der Waals surface area (Å²) < 4.78 is 6.20. The summed E-state index contributed by atoms with van der Waals surface area (Å²) in [4.78, 5) is 0. The lowest BCUT2D eigenvalue weighted by Crippen LogP contribution is -2.48. The summed E-state index contributed by atoms with van der Waals surface area (Å²) in [6.07, 6.45) is 0.846. The highest BCUT2D eigenvalue weighted by molar-refractivity contribution is 6.30. The van der Waals surface area contributed by atoms with E-state index in [2.05, 4.69) is 61.3 Å². The van der Waals surface area contributed by atoms with Crippen molar-refractivity contribution in [1.29, 1.82) is 0 Å². The highest BCUT2D eigenvalue weighted by Crippen LogP contribution is 2.47. The van der Waals surface area contributed by atoms with Crippen LogP contribution in [0.1, 0.15) is 37.4 Å². The standard InChI is InChI=1S/C22H19ClN2O/c1-22(2)25-20(18-12-17(23)9-10-21(18)26-22)13-19(24-25)16-8-7-14-5-3-4-6-15(14)11-16/h3-12,20H,13H2,1-2H3. The zero-order valence-corrected chi connectivity index (χ0v) is 15.5. The van der Waals surface area contributed by atoms with Crippen LogP contribution >= 0.6 is 11.6 Å². The summed E-state index contributed by atoms with van der Waals surface area (Å²) in [5, 5.41) is 10.2. The maximum absolute atomic E-state index is 6.25. The molecule has 3 aromatic carbocycles. The van der Waals surface area contributed by atoms with E-state index in [-0.39, 0.29) is 6.04 Å². The molecule has 2 heterocycles. The highest BCUT2D eigenvalue weighted by Gasteiger charge is 2.44. The third kappa shape index (κ3) is 2.38. The van der Waals surface area contributed by atoms with Crippen molar-refractivity contribution < 1.29 is 4.74 Å². The van der Waals surface area contributed by atoms with Crippen LogP contribution in [0.25, 0.3) is 10.8 Å². The molecule has 2 aliphatic heterocycles. The van der Waals surface area contributed by atoms with Gasteiger partial charge in [-0.1, -0.05) is 48.0 Å². The van der Waals surface area contributed by atoms with E-state index >= 15 is 0 Å². The van der Waals surface area contributed by atoms with Crippen LogP contribution in [0.5, 0.6) is 5.75 Å². The molecule has 0 aliphatic carbocycles. The van der Waals surface area contributed by atoms with Crippen molar-refractivity contribution >= 4 is 28.1 Å². The number of ether oxygens (including phenoxy) is 1. The predicted octanol–water partition coefficient (Wildman–Crippen LogP) is 5.77. The van der Waals surface area contributed by atoms with E-state index in [9.17, 15) is 0 Å². The van der Waals surface area contributed by atoms with Gasteiger partial charge in [-0.3, -0.25) is 0 Å². The molecule has 0 radical (unpaired) electrons. The molecule has 0 spiro atoms. The third-order valence-corrected chi connectivity index (χ3v) is 5.47. The van der Waals surface area contributed by atoms with Gasteiger partial charge in [-0.05, 0) is 54.4 Å². The summed E-state index contributed by atoms with van der Waals surface area (Å²) in [7, 11) is 0. The molecule has 5 rings (SSSR count). The Kier molecular flexibility index (Phi) is 3.32. The first-order valence-corrected chi connectivity index (χ1v) is 9.23. The number of hydrogen-bond acceptors (Lipinski definition) is 3. The quantitative estimate of drug-likeness (QED) is 0.548. The Morgan fingerprint density at radius 3 is 2.69 bits per heavy atom. The van der Waals surface area contributed by atoms with E-state index in [1.54, 1.807) is 0 Å². The smallest absolute Gasteiger partial charge is 0.192 e. The number of benzene rings is 3. The van der Waals surface area contributed by atoms with Crippen molar-refractivity contribution in [2.45, 2.75) is 32.0 Å². The van der Waals surface area contributed by atoms with Crippen molar-refractivity contribution in [3.8, 4) is 5.75 Å². The Bertz CT molecular complexity index is 1060. The van der Waals surface area contributed by atoms with E-state index in [4.69, 9.17) is 21.4 Å². The van der Waals surface area contributed by atoms with Gasteiger partial charge in [0.25, 0.3) is 0 Å². The average Bonchev–Trinajstić information content (AvgIpc) is 3.09. The molecule has 0 fully saturated rings. The molecular formula is C22H19ClN2O. The van der Waals surface area contributed by atoms with Crippen LogP contribution < -0.4 is 4.74 Å². The largest absolute Gasteiger partial charge is 0.467 e. The molecule has 0 aromatic heterocycles. The van der Waals surface area contributed by atoms with E-state index in [0.29, 0.717) is 0 Å². The van der Waals surface area contributed by atoms with Gasteiger partial charge in [0.05, 0.1) is 11.8 Å². The number of rotatable bonds is 1. The van der Waals surface area contributed by atoms with Crippen molar-refractivity contribution in [1.82, 2.24) is 5.01 Å². The molecule has 0 N–H and O–H groups in total. The topological polar surface area (TPSA) is 24.8 Å². The van der Waals surface area contributed by atoms with Gasteiger partial charge in [0.1, 0.15) is 5.75 Å². The molecule has 0 saturated heterocycles. The average molecular weight is 363 g/mol. The van der Waals surface area contributed by atoms with E-state index in [1.165, 1.54) is 10.8 Å². The third-order valence-electron chi connectivity index (χ3n) is 5.24. The number of halogens is 1. The van der Waals surface area contributed by atoms with Crippen LogP contribution in [0.3, 0.4) is 0 Å². The zero-order chi connectivity index (χ0) is 17.9. The molecule has 0 bridgehead atoms. The first-order chi connectivity index (χ1) is 12.5. The Morgan fingerprint density at radius 2 is 1.85 bits per heavy atom. The Morgan fingerprint density at radius 1 is 1.04 bits per heavy atom. The number of hydrazone groups is 1. The second kappa shape index (κ2) is 5.49. The van der Waals surface area contributed by atoms with Gasteiger partial charge in [-0.2, -0.15) is 5.10 Å². The maximum atomic E-state index is 6.25. The normalized spacial score (nSPS) is 20.3. The van der Waals surface area contributed by atoms with Gasteiger partial charge in [-0.25, -0.2) is 5.01 Å². The molecule has 3 nitrogen and oxygen atoms in total. The number of fused-ring (bicyclic) bond motifs is 4. The molecule has 26 heavy (non-hydrogen) atoms. The van der Waals surface area contributed by atoms with Crippen LogP contribution in [0.2, 0.25) is 5.02 Å². The fourth-order valence-corrected chi connectivity index (χ4v) is 4.16. The van der Waals surface area contributed by atoms with Gasteiger partial charge in [0.15, 0.2) is 5.72 Å². The van der Waals surface area contributed by atoms with Crippen molar-refractivity contribution in [3.63, 3.8) is 0 Å². The minimum Gasteiger partial charge on any atom is -0.467 e. The highest BCUT2D eigenvalue weighted by atomic mass is 35.5. The molecule has 3 aromatic rings. The summed E-state index contributed by atoms with van der Waals surface area (Å²) in [5.41, 5.74) is 2.86. The van der Waals surface area contributed by atoms with Crippen LogP contribution in [0.4, 0.5) is 0 Å². The minimum absolute atomic E-state index is 0.147. The molecule has 1 unspecified atom stereocenters.